The Balaban J connectivity index is 2.20. The van der Waals surface area contributed by atoms with Crippen molar-refractivity contribution >= 4 is 27.5 Å². The number of anilines is 1. The average molecular weight is 360 g/mol. The Morgan fingerprint density at radius 3 is 2.23 bits per heavy atom. The second-order valence-electron chi connectivity index (χ2n) is 5.36. The average Bonchev–Trinajstić information content (AvgIpc) is 2.58. The second kappa shape index (κ2) is 8.74. The molecule has 0 saturated heterocycles. The molecule has 0 radical (unpaired) electrons. The first-order chi connectivity index (χ1) is 10.7. The molecule has 0 aliphatic rings. The molecular formula is C19H22BrNO. The lowest BCUT2D eigenvalue weighted by Gasteiger charge is -2.25. The van der Waals surface area contributed by atoms with E-state index < -0.39 is 0 Å². The van der Waals surface area contributed by atoms with Crippen molar-refractivity contribution < 1.29 is 4.79 Å². The normalized spacial score (nSPS) is 11.9. The maximum Gasteiger partial charge on any atom is 0.241 e. The standard InChI is InChI=1S/C19H22BrNO/c1-2-3-14-18(20)19(22)21(17-12-8-5-9-13-17)15-16-10-6-4-7-11-16/h4-13,18H,2-3,14-15H2,1H3/t18-/m0/s1. The molecule has 1 atom stereocenters. The fraction of sp³-hybridized carbons (Fsp3) is 0.316. The lowest BCUT2D eigenvalue weighted by atomic mass is 10.1. The van der Waals surface area contributed by atoms with Gasteiger partial charge in [-0.2, -0.15) is 0 Å². The van der Waals surface area contributed by atoms with Crippen LogP contribution in [-0.4, -0.2) is 10.7 Å². The molecule has 0 spiro atoms. The molecular weight excluding hydrogens is 338 g/mol. The van der Waals surface area contributed by atoms with Crippen LogP contribution in [0, 0.1) is 0 Å². The fourth-order valence-corrected chi connectivity index (χ4v) is 2.92. The minimum Gasteiger partial charge on any atom is -0.307 e. The third kappa shape index (κ3) is 4.70. The van der Waals surface area contributed by atoms with E-state index in [2.05, 4.69) is 35.0 Å². The van der Waals surface area contributed by atoms with Gasteiger partial charge in [0.1, 0.15) is 0 Å². The first kappa shape index (κ1) is 16.8. The van der Waals surface area contributed by atoms with Crippen LogP contribution in [0.1, 0.15) is 31.7 Å². The summed E-state index contributed by atoms with van der Waals surface area (Å²) >= 11 is 3.56. The Hall–Kier alpha value is -1.61. The summed E-state index contributed by atoms with van der Waals surface area (Å²) in [4.78, 5) is 14.6. The minimum atomic E-state index is -0.128. The number of benzene rings is 2. The van der Waals surface area contributed by atoms with Crippen molar-refractivity contribution in [3.05, 3.63) is 66.2 Å². The summed E-state index contributed by atoms with van der Waals surface area (Å²) in [6.07, 6.45) is 3.02. The van der Waals surface area contributed by atoms with Crippen molar-refractivity contribution in [3.8, 4) is 0 Å². The van der Waals surface area contributed by atoms with E-state index in [0.717, 1.165) is 30.5 Å². The van der Waals surface area contributed by atoms with Crippen LogP contribution in [0.4, 0.5) is 5.69 Å². The van der Waals surface area contributed by atoms with E-state index in [1.165, 1.54) is 0 Å². The van der Waals surface area contributed by atoms with Gasteiger partial charge in [-0.25, -0.2) is 0 Å². The number of halogens is 1. The Labute approximate surface area is 141 Å². The quantitative estimate of drug-likeness (QED) is 0.624. The van der Waals surface area contributed by atoms with E-state index in [1.54, 1.807) is 0 Å². The van der Waals surface area contributed by atoms with Crippen LogP contribution in [0.2, 0.25) is 0 Å². The van der Waals surface area contributed by atoms with Gasteiger partial charge in [-0.1, -0.05) is 84.2 Å². The number of rotatable bonds is 7. The first-order valence-electron chi connectivity index (χ1n) is 7.76. The summed E-state index contributed by atoms with van der Waals surface area (Å²) in [7, 11) is 0. The Morgan fingerprint density at radius 1 is 1.05 bits per heavy atom. The Kier molecular flexibility index (Phi) is 6.66. The zero-order valence-electron chi connectivity index (χ0n) is 12.9. The third-order valence-corrected chi connectivity index (χ3v) is 4.45. The van der Waals surface area contributed by atoms with Gasteiger partial charge in [-0.05, 0) is 24.1 Å². The van der Waals surface area contributed by atoms with E-state index in [-0.39, 0.29) is 10.7 Å². The molecule has 2 aromatic carbocycles. The molecule has 0 heterocycles. The number of amides is 1. The highest BCUT2D eigenvalue weighted by molar-refractivity contribution is 9.10. The second-order valence-corrected chi connectivity index (χ2v) is 6.46. The lowest BCUT2D eigenvalue weighted by Crippen LogP contribution is -2.36. The number of para-hydroxylation sites is 1. The van der Waals surface area contributed by atoms with Crippen LogP contribution in [0.3, 0.4) is 0 Å². The lowest BCUT2D eigenvalue weighted by molar-refractivity contribution is -0.118. The van der Waals surface area contributed by atoms with Crippen LogP contribution in [0.15, 0.2) is 60.7 Å². The monoisotopic (exact) mass is 359 g/mol. The smallest absolute Gasteiger partial charge is 0.241 e. The maximum absolute atomic E-state index is 12.8. The first-order valence-corrected chi connectivity index (χ1v) is 8.68. The summed E-state index contributed by atoms with van der Waals surface area (Å²) in [5.74, 6) is 0.128. The van der Waals surface area contributed by atoms with E-state index in [4.69, 9.17) is 0 Å². The number of hydrogen-bond donors (Lipinski definition) is 0. The van der Waals surface area contributed by atoms with Crippen LogP contribution in [-0.2, 0) is 11.3 Å². The van der Waals surface area contributed by atoms with E-state index >= 15 is 0 Å². The van der Waals surface area contributed by atoms with Crippen LogP contribution in [0.5, 0.6) is 0 Å². The Morgan fingerprint density at radius 2 is 1.64 bits per heavy atom. The van der Waals surface area contributed by atoms with E-state index in [9.17, 15) is 4.79 Å². The molecule has 3 heteroatoms. The molecule has 0 N–H and O–H groups in total. The summed E-state index contributed by atoms with van der Waals surface area (Å²) in [6.45, 7) is 2.74. The number of alkyl halides is 1. The van der Waals surface area contributed by atoms with Gasteiger partial charge in [-0.15, -0.1) is 0 Å². The van der Waals surface area contributed by atoms with Gasteiger partial charge in [0.05, 0.1) is 11.4 Å². The zero-order valence-corrected chi connectivity index (χ0v) is 14.5. The summed E-state index contributed by atoms with van der Waals surface area (Å²) < 4.78 is 0. The van der Waals surface area contributed by atoms with Crippen molar-refractivity contribution in [2.45, 2.75) is 37.6 Å². The molecule has 0 saturated carbocycles. The van der Waals surface area contributed by atoms with Gasteiger partial charge in [-0.3, -0.25) is 4.79 Å². The van der Waals surface area contributed by atoms with Gasteiger partial charge in [0.25, 0.3) is 0 Å². The minimum absolute atomic E-state index is 0.128. The SMILES string of the molecule is CCCC[C@H](Br)C(=O)N(Cc1ccccc1)c1ccccc1. The number of nitrogens with zero attached hydrogens (tertiary/aromatic N) is 1. The fourth-order valence-electron chi connectivity index (χ4n) is 2.35. The maximum atomic E-state index is 12.8. The van der Waals surface area contributed by atoms with Gasteiger partial charge in [0.2, 0.25) is 5.91 Å². The van der Waals surface area contributed by atoms with Gasteiger partial charge in [0.15, 0.2) is 0 Å². The summed E-state index contributed by atoms with van der Waals surface area (Å²) in [5, 5.41) is 0. The predicted octanol–water partition coefficient (Wildman–Crippen LogP) is 5.17. The number of carbonyl (C=O) groups is 1. The van der Waals surface area contributed by atoms with Gasteiger partial charge >= 0.3 is 0 Å². The highest BCUT2D eigenvalue weighted by Crippen LogP contribution is 2.22. The highest BCUT2D eigenvalue weighted by Gasteiger charge is 2.23. The molecule has 1 amide bonds. The number of unbranched alkanes of at least 4 members (excludes halogenated alkanes) is 1. The predicted molar refractivity (Wildman–Crippen MR) is 96.3 cm³/mol. The van der Waals surface area contributed by atoms with Crippen molar-refractivity contribution in [1.82, 2.24) is 0 Å². The van der Waals surface area contributed by atoms with Crippen molar-refractivity contribution in [2.24, 2.45) is 0 Å². The topological polar surface area (TPSA) is 20.3 Å². The van der Waals surface area contributed by atoms with E-state index in [0.29, 0.717) is 6.54 Å². The molecule has 0 unspecified atom stereocenters. The third-order valence-electron chi connectivity index (χ3n) is 3.60. The molecule has 0 aliphatic heterocycles. The molecule has 0 aliphatic carbocycles. The largest absolute Gasteiger partial charge is 0.307 e. The van der Waals surface area contributed by atoms with Gasteiger partial charge < -0.3 is 4.90 Å². The highest BCUT2D eigenvalue weighted by atomic mass is 79.9. The van der Waals surface area contributed by atoms with Crippen molar-refractivity contribution in [1.29, 1.82) is 0 Å². The molecule has 2 aromatic rings. The summed E-state index contributed by atoms with van der Waals surface area (Å²) in [5.41, 5.74) is 2.08. The number of carbonyl (C=O) groups excluding carboxylic acids is 1. The molecule has 0 fully saturated rings. The Bertz CT molecular complexity index is 571. The van der Waals surface area contributed by atoms with Gasteiger partial charge in [0, 0.05) is 5.69 Å². The molecule has 116 valence electrons. The van der Waals surface area contributed by atoms with Crippen LogP contribution >= 0.6 is 15.9 Å². The summed E-state index contributed by atoms with van der Waals surface area (Å²) in [6, 6.07) is 20.0. The van der Waals surface area contributed by atoms with Crippen molar-refractivity contribution in [3.63, 3.8) is 0 Å². The van der Waals surface area contributed by atoms with E-state index in [1.807, 2.05) is 53.4 Å². The molecule has 2 rings (SSSR count). The number of hydrogen-bond acceptors (Lipinski definition) is 1. The van der Waals surface area contributed by atoms with Crippen molar-refractivity contribution in [2.75, 3.05) is 4.90 Å². The molecule has 0 aromatic heterocycles. The molecule has 0 bridgehead atoms. The van der Waals surface area contributed by atoms with Crippen LogP contribution < -0.4 is 4.90 Å². The molecule has 2 nitrogen and oxygen atoms in total. The van der Waals surface area contributed by atoms with Crippen LogP contribution in [0.25, 0.3) is 0 Å². The zero-order chi connectivity index (χ0) is 15.8. The molecule has 22 heavy (non-hydrogen) atoms.